The fourth-order valence-electron chi connectivity index (χ4n) is 2.15. The van der Waals surface area contributed by atoms with Crippen LogP contribution in [-0.2, 0) is 4.79 Å². The summed E-state index contributed by atoms with van der Waals surface area (Å²) in [4.78, 5) is 11.8. The zero-order chi connectivity index (χ0) is 13.9. The summed E-state index contributed by atoms with van der Waals surface area (Å²) in [5, 5.41) is 0. The zero-order valence-electron chi connectivity index (χ0n) is 11.0. The minimum absolute atomic E-state index is 0.182. The lowest BCUT2D eigenvalue weighted by Crippen LogP contribution is -2.13. The molecular formula is C16H14O4. The number of hydrogen-bond donors (Lipinski definition) is 0. The second-order valence-corrected chi connectivity index (χ2v) is 4.50. The molecule has 0 bridgehead atoms. The number of rotatable bonds is 2. The average molecular weight is 270 g/mol. The highest BCUT2D eigenvalue weighted by Gasteiger charge is 2.25. The van der Waals surface area contributed by atoms with E-state index in [4.69, 9.17) is 14.2 Å². The molecule has 20 heavy (non-hydrogen) atoms. The van der Waals surface area contributed by atoms with Crippen molar-refractivity contribution in [1.29, 1.82) is 0 Å². The summed E-state index contributed by atoms with van der Waals surface area (Å²) in [7, 11) is 1.62. The average Bonchev–Trinajstić information content (AvgIpc) is 2.65. The largest absolute Gasteiger partial charge is 0.497 e. The van der Waals surface area contributed by atoms with Crippen LogP contribution in [0.5, 0.6) is 17.2 Å². The molecule has 2 aromatic carbocycles. The molecule has 1 heterocycles. The van der Waals surface area contributed by atoms with Crippen LogP contribution in [0.2, 0.25) is 0 Å². The van der Waals surface area contributed by atoms with Gasteiger partial charge in [-0.3, -0.25) is 4.79 Å². The molecule has 1 aliphatic heterocycles. The molecule has 0 aromatic heterocycles. The second kappa shape index (κ2) is 5.25. The molecule has 102 valence electrons. The van der Waals surface area contributed by atoms with Crippen LogP contribution in [-0.4, -0.2) is 13.1 Å². The van der Waals surface area contributed by atoms with Gasteiger partial charge < -0.3 is 14.2 Å². The number of methoxy groups -OCH3 is 1. The molecule has 4 heteroatoms. The van der Waals surface area contributed by atoms with Crippen molar-refractivity contribution in [2.45, 2.75) is 12.5 Å². The molecule has 0 amide bonds. The van der Waals surface area contributed by atoms with Gasteiger partial charge in [0.15, 0.2) is 11.5 Å². The van der Waals surface area contributed by atoms with Crippen LogP contribution in [0.4, 0.5) is 0 Å². The van der Waals surface area contributed by atoms with Gasteiger partial charge in [-0.25, -0.2) is 0 Å². The molecule has 4 nitrogen and oxygen atoms in total. The third-order valence-corrected chi connectivity index (χ3v) is 3.18. The summed E-state index contributed by atoms with van der Waals surface area (Å²) >= 11 is 0. The van der Waals surface area contributed by atoms with Gasteiger partial charge in [-0.15, -0.1) is 0 Å². The van der Waals surface area contributed by atoms with Gasteiger partial charge in [-0.1, -0.05) is 24.3 Å². The van der Waals surface area contributed by atoms with Crippen LogP contribution in [0.25, 0.3) is 0 Å². The summed E-state index contributed by atoms with van der Waals surface area (Å²) in [6.45, 7) is 0. The van der Waals surface area contributed by atoms with Crippen LogP contribution in [0, 0.1) is 0 Å². The lowest BCUT2D eigenvalue weighted by atomic mass is 10.1. The topological polar surface area (TPSA) is 44.8 Å². The lowest BCUT2D eigenvalue weighted by molar-refractivity contribution is -0.135. The predicted octanol–water partition coefficient (Wildman–Crippen LogP) is 3.12. The highest BCUT2D eigenvalue weighted by molar-refractivity contribution is 5.75. The maximum Gasteiger partial charge on any atom is 0.315 e. The number of carbonyl (C=O) groups is 1. The van der Waals surface area contributed by atoms with Crippen molar-refractivity contribution in [3.63, 3.8) is 0 Å². The third-order valence-electron chi connectivity index (χ3n) is 3.18. The molecule has 0 saturated heterocycles. The van der Waals surface area contributed by atoms with E-state index >= 15 is 0 Å². The summed E-state index contributed by atoms with van der Waals surface area (Å²) in [6, 6.07) is 14.7. The van der Waals surface area contributed by atoms with E-state index in [0.717, 1.165) is 11.3 Å². The summed E-state index contributed by atoms with van der Waals surface area (Å²) in [5.41, 5.74) is 0.916. The standard InChI is InChI=1S/C16H14O4/c1-18-12-8-6-11(7-9-12)15-10-16(17)20-14-5-3-2-4-13(14)19-15/h2-9,15H,10H2,1H3. The smallest absolute Gasteiger partial charge is 0.315 e. The number of fused-ring (bicyclic) bond motifs is 1. The quantitative estimate of drug-likeness (QED) is 0.621. The Morgan fingerprint density at radius 2 is 1.75 bits per heavy atom. The van der Waals surface area contributed by atoms with Gasteiger partial charge in [-0.2, -0.15) is 0 Å². The highest BCUT2D eigenvalue weighted by Crippen LogP contribution is 2.36. The van der Waals surface area contributed by atoms with Crippen molar-refractivity contribution >= 4 is 5.97 Å². The van der Waals surface area contributed by atoms with Crippen LogP contribution in [0.1, 0.15) is 18.1 Å². The maximum absolute atomic E-state index is 11.8. The van der Waals surface area contributed by atoms with Crippen molar-refractivity contribution < 1.29 is 19.0 Å². The van der Waals surface area contributed by atoms with E-state index in [9.17, 15) is 4.79 Å². The van der Waals surface area contributed by atoms with E-state index in [0.29, 0.717) is 11.5 Å². The number of benzene rings is 2. The van der Waals surface area contributed by atoms with E-state index in [-0.39, 0.29) is 18.5 Å². The Labute approximate surface area is 116 Å². The second-order valence-electron chi connectivity index (χ2n) is 4.50. The highest BCUT2D eigenvalue weighted by atomic mass is 16.6. The number of hydrogen-bond acceptors (Lipinski definition) is 4. The van der Waals surface area contributed by atoms with E-state index in [1.165, 1.54) is 0 Å². The van der Waals surface area contributed by atoms with E-state index in [2.05, 4.69) is 0 Å². The first-order chi connectivity index (χ1) is 9.76. The number of para-hydroxylation sites is 2. The number of carbonyl (C=O) groups excluding carboxylic acids is 1. The lowest BCUT2D eigenvalue weighted by Gasteiger charge is -2.16. The Bertz CT molecular complexity index is 619. The summed E-state index contributed by atoms with van der Waals surface area (Å²) < 4.78 is 16.3. The van der Waals surface area contributed by atoms with E-state index in [1.807, 2.05) is 36.4 Å². The minimum atomic E-state index is -0.350. The molecule has 0 aliphatic carbocycles. The SMILES string of the molecule is COc1ccc(C2CC(=O)Oc3ccccc3O2)cc1. The molecule has 1 aliphatic rings. The molecule has 0 saturated carbocycles. The van der Waals surface area contributed by atoms with Crippen LogP contribution in [0.3, 0.4) is 0 Å². The van der Waals surface area contributed by atoms with Crippen molar-refractivity contribution in [1.82, 2.24) is 0 Å². The van der Waals surface area contributed by atoms with Gasteiger partial charge in [-0.05, 0) is 29.8 Å². The predicted molar refractivity (Wildman–Crippen MR) is 73.1 cm³/mol. The molecule has 0 radical (unpaired) electrons. The van der Waals surface area contributed by atoms with Gasteiger partial charge in [0.05, 0.1) is 13.5 Å². The van der Waals surface area contributed by atoms with Gasteiger partial charge >= 0.3 is 5.97 Å². The third kappa shape index (κ3) is 2.45. The Balaban J connectivity index is 1.91. The molecule has 0 fully saturated rings. The van der Waals surface area contributed by atoms with Crippen molar-refractivity contribution in [2.24, 2.45) is 0 Å². The Hall–Kier alpha value is -2.49. The molecule has 1 atom stereocenters. The van der Waals surface area contributed by atoms with Crippen molar-refractivity contribution in [2.75, 3.05) is 7.11 Å². The van der Waals surface area contributed by atoms with Crippen LogP contribution >= 0.6 is 0 Å². The van der Waals surface area contributed by atoms with Crippen molar-refractivity contribution in [3.05, 3.63) is 54.1 Å². The molecule has 1 unspecified atom stereocenters. The maximum atomic E-state index is 11.8. The van der Waals surface area contributed by atoms with Gasteiger partial charge in [0.1, 0.15) is 11.9 Å². The Morgan fingerprint density at radius 3 is 2.45 bits per heavy atom. The number of ether oxygens (including phenoxy) is 3. The van der Waals surface area contributed by atoms with Crippen LogP contribution in [0.15, 0.2) is 48.5 Å². The minimum Gasteiger partial charge on any atom is -0.497 e. The normalized spacial score (nSPS) is 17.4. The molecular weight excluding hydrogens is 256 g/mol. The molecule has 0 N–H and O–H groups in total. The fourth-order valence-corrected chi connectivity index (χ4v) is 2.15. The fraction of sp³-hybridized carbons (Fsp3) is 0.188. The zero-order valence-corrected chi connectivity index (χ0v) is 11.0. The summed E-state index contributed by atoms with van der Waals surface area (Å²) in [6.07, 6.45) is -0.168. The first kappa shape index (κ1) is 12.5. The summed E-state index contributed by atoms with van der Waals surface area (Å²) in [5.74, 6) is 1.52. The van der Waals surface area contributed by atoms with Gasteiger partial charge in [0, 0.05) is 0 Å². The van der Waals surface area contributed by atoms with Crippen molar-refractivity contribution in [3.8, 4) is 17.2 Å². The molecule has 0 spiro atoms. The van der Waals surface area contributed by atoms with Gasteiger partial charge in [0.25, 0.3) is 0 Å². The van der Waals surface area contributed by atoms with Crippen LogP contribution < -0.4 is 14.2 Å². The van der Waals surface area contributed by atoms with Gasteiger partial charge in [0.2, 0.25) is 0 Å². The monoisotopic (exact) mass is 270 g/mol. The first-order valence-corrected chi connectivity index (χ1v) is 6.36. The first-order valence-electron chi connectivity index (χ1n) is 6.36. The Kier molecular flexibility index (Phi) is 3.29. The van der Waals surface area contributed by atoms with E-state index < -0.39 is 0 Å². The van der Waals surface area contributed by atoms with E-state index in [1.54, 1.807) is 19.2 Å². The molecule has 2 aromatic rings. The number of esters is 1. The Morgan fingerprint density at radius 1 is 1.05 bits per heavy atom. The molecule has 3 rings (SSSR count).